The maximum atomic E-state index is 12.0. The van der Waals surface area contributed by atoms with E-state index in [2.05, 4.69) is 17.2 Å². The van der Waals surface area contributed by atoms with E-state index in [1.807, 2.05) is 0 Å². The highest BCUT2D eigenvalue weighted by Gasteiger charge is 2.22. The van der Waals surface area contributed by atoms with Gasteiger partial charge in [0.05, 0.1) is 11.1 Å². The molecule has 0 saturated carbocycles. The Morgan fingerprint density at radius 3 is 1.96 bits per heavy atom. The van der Waals surface area contributed by atoms with Crippen LogP contribution < -0.4 is 5.32 Å². The Bertz CT molecular complexity index is 689. The second-order valence-corrected chi connectivity index (χ2v) is 5.93. The summed E-state index contributed by atoms with van der Waals surface area (Å²) in [6, 6.07) is 2.60. The highest BCUT2D eigenvalue weighted by atomic mass is 16.6. The van der Waals surface area contributed by atoms with Crippen molar-refractivity contribution in [3.05, 3.63) is 34.9 Å². The zero-order valence-electron chi connectivity index (χ0n) is 13.8. The molecule has 0 aromatic heterocycles. The molecule has 0 saturated heterocycles. The molecule has 1 aromatic carbocycles. The molecule has 1 rings (SSSR count). The Morgan fingerprint density at radius 2 is 1.58 bits per heavy atom. The minimum absolute atomic E-state index is 0.177. The zero-order valence-corrected chi connectivity index (χ0v) is 13.8. The smallest absolute Gasteiger partial charge is 0.336 e. The number of carboxylic acid groups (broad SMARTS) is 2. The Balaban J connectivity index is 3.15. The molecule has 3 N–H and O–H groups in total. The Morgan fingerprint density at radius 1 is 1.08 bits per heavy atom. The maximum absolute atomic E-state index is 12.0. The van der Waals surface area contributed by atoms with Gasteiger partial charge in [0.1, 0.15) is 5.60 Å². The van der Waals surface area contributed by atoms with Crippen molar-refractivity contribution in [2.45, 2.75) is 32.4 Å². The zero-order chi connectivity index (χ0) is 18.5. The lowest BCUT2D eigenvalue weighted by Crippen LogP contribution is -2.38. The lowest BCUT2D eigenvalue weighted by Gasteiger charge is -2.21. The van der Waals surface area contributed by atoms with Crippen LogP contribution in [0.2, 0.25) is 0 Å². The van der Waals surface area contributed by atoms with Gasteiger partial charge in [0.2, 0.25) is 0 Å². The van der Waals surface area contributed by atoms with Gasteiger partial charge in [0.15, 0.2) is 6.04 Å². The van der Waals surface area contributed by atoms with Crippen LogP contribution in [-0.2, 0) is 9.53 Å². The summed E-state index contributed by atoms with van der Waals surface area (Å²) in [7, 11) is 1.53. The highest BCUT2D eigenvalue weighted by molar-refractivity contribution is 5.94. The number of benzene rings is 1. The third kappa shape index (κ3) is 5.74. The molecule has 7 nitrogen and oxygen atoms in total. The first kappa shape index (κ1) is 19.2. The van der Waals surface area contributed by atoms with E-state index in [1.54, 1.807) is 20.8 Å². The van der Waals surface area contributed by atoms with Crippen molar-refractivity contribution in [1.82, 2.24) is 5.32 Å². The van der Waals surface area contributed by atoms with Crippen LogP contribution in [0.25, 0.3) is 0 Å². The minimum Gasteiger partial charge on any atom is -0.478 e. The van der Waals surface area contributed by atoms with Crippen LogP contribution in [-0.4, -0.2) is 46.8 Å². The van der Waals surface area contributed by atoms with Crippen molar-refractivity contribution >= 4 is 17.9 Å². The molecule has 0 bridgehead atoms. The monoisotopic (exact) mass is 333 g/mol. The third-order valence-corrected chi connectivity index (χ3v) is 2.72. The molecule has 7 heteroatoms. The number of hydrogen-bond donors (Lipinski definition) is 3. The van der Waals surface area contributed by atoms with Gasteiger partial charge in [-0.2, -0.15) is 0 Å². The number of likely N-dealkylation sites (N-methyl/N-ethyl adjacent to an activating group) is 1. The summed E-state index contributed by atoms with van der Waals surface area (Å²) in [5, 5.41) is 20.7. The van der Waals surface area contributed by atoms with Crippen LogP contribution in [0.5, 0.6) is 0 Å². The molecular formula is C17H19NO6. The van der Waals surface area contributed by atoms with E-state index in [-0.39, 0.29) is 16.7 Å². The van der Waals surface area contributed by atoms with E-state index in [9.17, 15) is 14.4 Å². The lowest BCUT2D eigenvalue weighted by molar-refractivity contribution is -0.155. The molecule has 1 unspecified atom stereocenters. The first-order valence-corrected chi connectivity index (χ1v) is 7.07. The van der Waals surface area contributed by atoms with Gasteiger partial charge in [-0.1, -0.05) is 11.8 Å². The van der Waals surface area contributed by atoms with Crippen LogP contribution >= 0.6 is 0 Å². The van der Waals surface area contributed by atoms with Crippen molar-refractivity contribution in [3.63, 3.8) is 0 Å². The number of carboxylic acids is 2. The number of nitrogens with one attached hydrogen (secondary N) is 1. The predicted octanol–water partition coefficient (Wildman–Crippen LogP) is 1.36. The molecule has 0 fully saturated rings. The number of aromatic carboxylic acids is 2. The van der Waals surface area contributed by atoms with E-state index in [0.717, 1.165) is 6.07 Å². The summed E-state index contributed by atoms with van der Waals surface area (Å²) in [6.45, 7) is 5.17. The number of hydrogen-bond acceptors (Lipinski definition) is 5. The Kier molecular flexibility index (Phi) is 6.09. The van der Waals surface area contributed by atoms with Gasteiger partial charge in [0.25, 0.3) is 0 Å². The second-order valence-electron chi connectivity index (χ2n) is 5.93. The van der Waals surface area contributed by atoms with Crippen molar-refractivity contribution in [2.75, 3.05) is 7.05 Å². The molecule has 0 spiro atoms. The van der Waals surface area contributed by atoms with Crippen LogP contribution in [0.3, 0.4) is 0 Å². The van der Waals surface area contributed by atoms with Gasteiger partial charge >= 0.3 is 17.9 Å². The average molecular weight is 333 g/mol. The fourth-order valence-corrected chi connectivity index (χ4v) is 1.71. The molecule has 0 heterocycles. The first-order chi connectivity index (χ1) is 11.0. The number of ether oxygens (including phenoxy) is 1. The molecule has 0 radical (unpaired) electrons. The maximum Gasteiger partial charge on any atom is 0.336 e. The van der Waals surface area contributed by atoms with Gasteiger partial charge in [-0.3, -0.25) is 5.32 Å². The van der Waals surface area contributed by atoms with Gasteiger partial charge in [-0.05, 0) is 46.0 Å². The summed E-state index contributed by atoms with van der Waals surface area (Å²) < 4.78 is 5.21. The molecule has 0 amide bonds. The van der Waals surface area contributed by atoms with E-state index >= 15 is 0 Å². The standard InChI is InChI=1S/C17H19NO6/c1-17(2,3)24-16(23)13(18-4)6-5-10-7-11(14(19)20)9-12(8-10)15(21)22/h7-9,13,18H,1-4H3,(H,19,20)(H,21,22). The summed E-state index contributed by atoms with van der Waals surface area (Å²) >= 11 is 0. The number of esters is 1. The summed E-state index contributed by atoms with van der Waals surface area (Å²) in [5.41, 5.74) is -0.890. The first-order valence-electron chi connectivity index (χ1n) is 7.07. The molecule has 0 aliphatic heterocycles. The van der Waals surface area contributed by atoms with Crippen LogP contribution in [0.15, 0.2) is 18.2 Å². The number of carbonyl (C=O) groups excluding carboxylic acids is 1. The predicted molar refractivity (Wildman–Crippen MR) is 85.9 cm³/mol. The van der Waals surface area contributed by atoms with E-state index in [0.29, 0.717) is 0 Å². The van der Waals surface area contributed by atoms with Gasteiger partial charge < -0.3 is 14.9 Å². The third-order valence-electron chi connectivity index (χ3n) is 2.72. The normalized spacial score (nSPS) is 11.8. The van der Waals surface area contributed by atoms with E-state index < -0.39 is 29.6 Å². The van der Waals surface area contributed by atoms with Crippen molar-refractivity contribution in [2.24, 2.45) is 0 Å². The molecule has 1 aromatic rings. The molecule has 24 heavy (non-hydrogen) atoms. The quantitative estimate of drug-likeness (QED) is 0.563. The van der Waals surface area contributed by atoms with Gasteiger partial charge in [0, 0.05) is 5.56 Å². The van der Waals surface area contributed by atoms with Crippen LogP contribution in [0.1, 0.15) is 47.1 Å². The molecule has 128 valence electrons. The van der Waals surface area contributed by atoms with Crippen LogP contribution in [0.4, 0.5) is 0 Å². The SMILES string of the molecule is CNC(C#Cc1cc(C(=O)O)cc(C(=O)O)c1)C(=O)OC(C)(C)C. The topological polar surface area (TPSA) is 113 Å². The fraction of sp³-hybridized carbons (Fsp3) is 0.353. The summed E-state index contributed by atoms with van der Waals surface area (Å²) in [5.74, 6) is 2.12. The Hall–Kier alpha value is -2.85. The molecular weight excluding hydrogens is 314 g/mol. The van der Waals surface area contributed by atoms with E-state index in [1.165, 1.54) is 19.2 Å². The fourth-order valence-electron chi connectivity index (χ4n) is 1.71. The van der Waals surface area contributed by atoms with Crippen LogP contribution in [0, 0.1) is 11.8 Å². The average Bonchev–Trinajstić information content (AvgIpc) is 2.45. The van der Waals surface area contributed by atoms with Crippen molar-refractivity contribution in [3.8, 4) is 11.8 Å². The molecule has 0 aliphatic carbocycles. The summed E-state index contributed by atoms with van der Waals surface area (Å²) in [4.78, 5) is 34.1. The molecule has 0 aliphatic rings. The number of carbonyl (C=O) groups is 3. The molecule has 1 atom stereocenters. The van der Waals surface area contributed by atoms with Gasteiger partial charge in [-0.25, -0.2) is 14.4 Å². The highest BCUT2D eigenvalue weighted by Crippen LogP contribution is 2.11. The second kappa shape index (κ2) is 7.62. The number of rotatable bonds is 4. The summed E-state index contributed by atoms with van der Waals surface area (Å²) in [6.07, 6.45) is 0. The Labute approximate surface area is 139 Å². The largest absolute Gasteiger partial charge is 0.478 e. The van der Waals surface area contributed by atoms with E-state index in [4.69, 9.17) is 14.9 Å². The van der Waals surface area contributed by atoms with Gasteiger partial charge in [-0.15, -0.1) is 0 Å². The van der Waals surface area contributed by atoms with Crippen molar-refractivity contribution in [1.29, 1.82) is 0 Å². The van der Waals surface area contributed by atoms with Crippen molar-refractivity contribution < 1.29 is 29.3 Å². The minimum atomic E-state index is -1.27. The lowest BCUT2D eigenvalue weighted by atomic mass is 10.1.